The minimum Gasteiger partial charge on any atom is -0.274 e. The van der Waals surface area contributed by atoms with Gasteiger partial charge in [0, 0.05) is 19.3 Å². The van der Waals surface area contributed by atoms with Gasteiger partial charge in [-0.15, -0.1) is 0 Å². The van der Waals surface area contributed by atoms with Gasteiger partial charge in [-0.3, -0.25) is 25.4 Å². The highest BCUT2D eigenvalue weighted by Crippen LogP contribution is 2.12. The van der Waals surface area contributed by atoms with E-state index in [4.69, 9.17) is 11.6 Å². The fourth-order valence-corrected chi connectivity index (χ4v) is 0.948. The Morgan fingerprint density at radius 1 is 1.43 bits per heavy atom. The molecule has 6 heteroatoms. The largest absolute Gasteiger partial charge is 0.274 e. The van der Waals surface area contributed by atoms with Crippen LogP contribution in [0.1, 0.15) is 17.3 Å². The van der Waals surface area contributed by atoms with Crippen molar-refractivity contribution >= 4 is 23.4 Å². The van der Waals surface area contributed by atoms with E-state index >= 15 is 0 Å². The zero-order valence-electron chi connectivity index (χ0n) is 7.37. The Labute approximate surface area is 85.4 Å². The van der Waals surface area contributed by atoms with Gasteiger partial charge >= 0.3 is 0 Å². The lowest BCUT2D eigenvalue weighted by molar-refractivity contribution is -0.119. The van der Waals surface area contributed by atoms with Crippen LogP contribution in [0.2, 0.25) is 5.02 Å². The summed E-state index contributed by atoms with van der Waals surface area (Å²) in [6.07, 6.45) is 2.79. The fraction of sp³-hybridized carbons (Fsp3) is 0.125. The molecule has 5 nitrogen and oxygen atoms in total. The summed E-state index contributed by atoms with van der Waals surface area (Å²) in [6, 6.07) is 1.49. The van der Waals surface area contributed by atoms with Gasteiger partial charge in [0.25, 0.3) is 5.91 Å². The number of hydrazine groups is 1. The highest BCUT2D eigenvalue weighted by Gasteiger charge is 2.09. The van der Waals surface area contributed by atoms with E-state index in [0.29, 0.717) is 0 Å². The van der Waals surface area contributed by atoms with Gasteiger partial charge in [-0.2, -0.15) is 0 Å². The molecule has 0 radical (unpaired) electrons. The summed E-state index contributed by atoms with van der Waals surface area (Å²) >= 11 is 5.72. The third-order valence-corrected chi connectivity index (χ3v) is 1.69. The number of nitrogens with one attached hydrogen (secondary N) is 2. The summed E-state index contributed by atoms with van der Waals surface area (Å²) < 4.78 is 0. The van der Waals surface area contributed by atoms with Gasteiger partial charge in [-0.05, 0) is 6.07 Å². The van der Waals surface area contributed by atoms with Gasteiger partial charge in [-0.1, -0.05) is 11.6 Å². The molecule has 1 aromatic heterocycles. The summed E-state index contributed by atoms with van der Waals surface area (Å²) in [5.74, 6) is -0.864. The second kappa shape index (κ2) is 4.57. The van der Waals surface area contributed by atoms with E-state index in [1.165, 1.54) is 25.4 Å². The van der Waals surface area contributed by atoms with Gasteiger partial charge in [0.2, 0.25) is 5.91 Å². The molecule has 0 unspecified atom stereocenters. The highest BCUT2D eigenvalue weighted by atomic mass is 35.5. The predicted molar refractivity (Wildman–Crippen MR) is 50.5 cm³/mol. The Kier molecular flexibility index (Phi) is 3.41. The molecule has 2 N–H and O–H groups in total. The molecule has 0 aliphatic carbocycles. The fourth-order valence-electron chi connectivity index (χ4n) is 0.757. The maximum absolute atomic E-state index is 11.3. The number of carbonyl (C=O) groups excluding carboxylic acids is 2. The molecule has 0 aliphatic heterocycles. The number of nitrogens with zero attached hydrogens (tertiary/aromatic N) is 1. The average Bonchev–Trinajstić information content (AvgIpc) is 2.15. The molecule has 74 valence electrons. The molecule has 0 aromatic carbocycles. The van der Waals surface area contributed by atoms with Crippen LogP contribution in [-0.2, 0) is 4.79 Å². The number of aromatic nitrogens is 1. The van der Waals surface area contributed by atoms with Crippen molar-refractivity contribution in [1.29, 1.82) is 0 Å². The lowest BCUT2D eigenvalue weighted by atomic mass is 10.3. The number of rotatable bonds is 1. The quantitative estimate of drug-likeness (QED) is 0.668. The Morgan fingerprint density at radius 3 is 2.71 bits per heavy atom. The van der Waals surface area contributed by atoms with Crippen LogP contribution in [0.5, 0.6) is 0 Å². The molecule has 0 saturated heterocycles. The summed E-state index contributed by atoms with van der Waals surface area (Å²) in [5, 5.41) is 0.280. The molecule has 14 heavy (non-hydrogen) atoms. The first-order chi connectivity index (χ1) is 6.61. The van der Waals surface area contributed by atoms with Gasteiger partial charge in [0.05, 0.1) is 10.6 Å². The van der Waals surface area contributed by atoms with Crippen molar-refractivity contribution in [3.05, 3.63) is 29.0 Å². The first-order valence-corrected chi connectivity index (χ1v) is 4.15. The van der Waals surface area contributed by atoms with Crippen LogP contribution in [0.3, 0.4) is 0 Å². The van der Waals surface area contributed by atoms with Gasteiger partial charge in [-0.25, -0.2) is 0 Å². The Morgan fingerprint density at radius 2 is 2.14 bits per heavy atom. The van der Waals surface area contributed by atoms with Crippen LogP contribution in [0.15, 0.2) is 18.5 Å². The molecule has 0 atom stereocenters. The van der Waals surface area contributed by atoms with Crippen LogP contribution in [0.4, 0.5) is 0 Å². The third-order valence-electron chi connectivity index (χ3n) is 1.36. The van der Waals surface area contributed by atoms with E-state index in [9.17, 15) is 9.59 Å². The number of hydrogen-bond donors (Lipinski definition) is 2. The summed E-state index contributed by atoms with van der Waals surface area (Å²) in [5.41, 5.74) is 4.53. The van der Waals surface area contributed by atoms with E-state index in [0.717, 1.165) is 0 Å². The van der Waals surface area contributed by atoms with Crippen molar-refractivity contribution in [1.82, 2.24) is 15.8 Å². The molecule has 0 saturated carbocycles. The summed E-state index contributed by atoms with van der Waals surface area (Å²) in [6.45, 7) is 1.28. The van der Waals surface area contributed by atoms with Crippen LogP contribution in [-0.4, -0.2) is 16.8 Å². The molecule has 0 bridgehead atoms. The maximum atomic E-state index is 11.3. The normalized spacial score (nSPS) is 9.29. The number of hydrogen-bond acceptors (Lipinski definition) is 3. The van der Waals surface area contributed by atoms with Crippen molar-refractivity contribution in [3.63, 3.8) is 0 Å². The standard InChI is InChI=1S/C8H8ClN3O2/c1-5(13)11-12-8(14)6-4-10-3-2-7(6)9/h2-4H,1H3,(H,11,13)(H,12,14). The molecule has 0 aliphatic rings. The van der Waals surface area contributed by atoms with Crippen molar-refractivity contribution in [2.75, 3.05) is 0 Å². The number of halogens is 1. The van der Waals surface area contributed by atoms with Crippen LogP contribution in [0.25, 0.3) is 0 Å². The molecular formula is C8H8ClN3O2. The second-order valence-corrected chi connectivity index (χ2v) is 2.90. The summed E-state index contributed by atoms with van der Waals surface area (Å²) in [7, 11) is 0. The number of carbonyl (C=O) groups is 2. The Balaban J connectivity index is 2.70. The molecule has 1 heterocycles. The Bertz CT molecular complexity index is 367. The SMILES string of the molecule is CC(=O)NNC(=O)c1cnccc1Cl. The molecule has 2 amide bonds. The van der Waals surface area contributed by atoms with Crippen LogP contribution >= 0.6 is 11.6 Å². The van der Waals surface area contributed by atoms with Gasteiger partial charge in [0.1, 0.15) is 0 Å². The smallest absolute Gasteiger partial charge is 0.272 e. The number of amides is 2. The minimum atomic E-state index is -0.502. The van der Waals surface area contributed by atoms with Gasteiger partial charge in [0.15, 0.2) is 0 Å². The first kappa shape index (κ1) is 10.5. The average molecular weight is 214 g/mol. The monoisotopic (exact) mass is 213 g/mol. The number of pyridine rings is 1. The van der Waals surface area contributed by atoms with Gasteiger partial charge < -0.3 is 0 Å². The molecule has 1 rings (SSSR count). The van der Waals surface area contributed by atoms with Crippen LogP contribution < -0.4 is 10.9 Å². The lowest BCUT2D eigenvalue weighted by Crippen LogP contribution is -2.40. The molecule has 1 aromatic rings. The zero-order chi connectivity index (χ0) is 10.6. The zero-order valence-corrected chi connectivity index (χ0v) is 8.13. The predicted octanol–water partition coefficient (Wildman–Crippen LogP) is 0.516. The van der Waals surface area contributed by atoms with E-state index in [-0.39, 0.29) is 16.5 Å². The topological polar surface area (TPSA) is 71.1 Å². The van der Waals surface area contributed by atoms with E-state index in [1.54, 1.807) is 0 Å². The van der Waals surface area contributed by atoms with Crippen LogP contribution in [0, 0.1) is 0 Å². The Hall–Kier alpha value is -1.62. The first-order valence-electron chi connectivity index (χ1n) is 3.77. The third kappa shape index (κ3) is 2.70. The van der Waals surface area contributed by atoms with Crippen molar-refractivity contribution in [3.8, 4) is 0 Å². The van der Waals surface area contributed by atoms with Crippen molar-refractivity contribution in [2.45, 2.75) is 6.92 Å². The lowest BCUT2D eigenvalue weighted by Gasteiger charge is -2.05. The van der Waals surface area contributed by atoms with E-state index in [2.05, 4.69) is 15.8 Å². The molecular weight excluding hydrogens is 206 g/mol. The second-order valence-electron chi connectivity index (χ2n) is 2.49. The molecule has 0 spiro atoms. The molecule has 0 fully saturated rings. The maximum Gasteiger partial charge on any atom is 0.272 e. The van der Waals surface area contributed by atoms with Crippen molar-refractivity contribution in [2.24, 2.45) is 0 Å². The highest BCUT2D eigenvalue weighted by molar-refractivity contribution is 6.33. The van der Waals surface area contributed by atoms with E-state index in [1.807, 2.05) is 0 Å². The van der Waals surface area contributed by atoms with Crippen molar-refractivity contribution < 1.29 is 9.59 Å². The minimum absolute atomic E-state index is 0.211. The van der Waals surface area contributed by atoms with E-state index < -0.39 is 5.91 Å². The summed E-state index contributed by atoms with van der Waals surface area (Å²) in [4.78, 5) is 25.5.